The van der Waals surface area contributed by atoms with E-state index in [0.29, 0.717) is 0 Å². The number of hydrogen-bond donors (Lipinski definition) is 0. The lowest BCUT2D eigenvalue weighted by Crippen LogP contribution is -2.38. The van der Waals surface area contributed by atoms with Crippen molar-refractivity contribution in [3.05, 3.63) is 24.3 Å². The maximum atomic E-state index is 2.50. The summed E-state index contributed by atoms with van der Waals surface area (Å²) in [6, 6.07) is 0.762. The lowest BCUT2D eigenvalue weighted by atomic mass is 9.92. The second kappa shape index (κ2) is 6.10. The maximum Gasteiger partial charge on any atom is 0.0169 e. The van der Waals surface area contributed by atoms with Crippen LogP contribution in [-0.2, 0) is 0 Å². The topological polar surface area (TPSA) is 3.24 Å². The third-order valence-electron chi connectivity index (χ3n) is 4.80. The SMILES string of the molecule is CC(C)P(C(C)C)C1C2C=CC=CC2CC1N(C)C. The van der Waals surface area contributed by atoms with Crippen molar-refractivity contribution in [3.8, 4) is 0 Å². The highest BCUT2D eigenvalue weighted by Gasteiger charge is 2.47. The number of nitrogens with zero attached hydrogens (tertiary/aromatic N) is 1. The Labute approximate surface area is 120 Å². The fourth-order valence-electron chi connectivity index (χ4n) is 4.15. The zero-order chi connectivity index (χ0) is 14.2. The fraction of sp³-hybridized carbons (Fsp3) is 0.765. The van der Waals surface area contributed by atoms with Crippen LogP contribution in [0.2, 0.25) is 0 Å². The summed E-state index contributed by atoms with van der Waals surface area (Å²) in [5.74, 6) is 1.57. The molecule has 0 aromatic heterocycles. The molecule has 1 fully saturated rings. The normalized spacial score (nSPS) is 34.0. The molecule has 0 aromatic carbocycles. The van der Waals surface area contributed by atoms with Crippen LogP contribution in [0.15, 0.2) is 24.3 Å². The Morgan fingerprint density at radius 1 is 1.00 bits per heavy atom. The number of rotatable bonds is 4. The number of allylic oxidation sites excluding steroid dienone is 4. The van der Waals surface area contributed by atoms with Gasteiger partial charge in [-0.1, -0.05) is 59.9 Å². The molecule has 2 aliphatic rings. The molecule has 0 bridgehead atoms. The van der Waals surface area contributed by atoms with E-state index in [2.05, 4.69) is 71.0 Å². The molecule has 1 nitrogen and oxygen atoms in total. The van der Waals surface area contributed by atoms with Gasteiger partial charge in [0.15, 0.2) is 0 Å². The van der Waals surface area contributed by atoms with Gasteiger partial charge in [-0.05, 0) is 43.7 Å². The van der Waals surface area contributed by atoms with Crippen LogP contribution in [0.3, 0.4) is 0 Å². The van der Waals surface area contributed by atoms with Gasteiger partial charge >= 0.3 is 0 Å². The van der Waals surface area contributed by atoms with Crippen LogP contribution in [0, 0.1) is 11.8 Å². The number of hydrogen-bond acceptors (Lipinski definition) is 1. The van der Waals surface area contributed by atoms with Crippen molar-refractivity contribution in [2.75, 3.05) is 14.1 Å². The summed E-state index contributed by atoms with van der Waals surface area (Å²) in [7, 11) is 4.63. The van der Waals surface area contributed by atoms with Crippen LogP contribution in [0.4, 0.5) is 0 Å². The second-order valence-corrected chi connectivity index (χ2v) is 10.5. The molecular formula is C17H30NP. The van der Waals surface area contributed by atoms with Gasteiger partial charge < -0.3 is 4.90 Å². The Balaban J connectivity index is 2.32. The highest BCUT2D eigenvalue weighted by atomic mass is 31.1. The minimum absolute atomic E-state index is 0.0781. The standard InChI is InChI=1S/C17H30NP/c1-12(2)19(13(3)4)17-15-10-8-7-9-14(15)11-16(17)18(5)6/h7-10,12-17H,11H2,1-6H3. The maximum absolute atomic E-state index is 2.50. The molecule has 0 aromatic rings. The zero-order valence-corrected chi connectivity index (χ0v) is 14.3. The van der Waals surface area contributed by atoms with Crippen molar-refractivity contribution in [1.29, 1.82) is 0 Å². The zero-order valence-electron chi connectivity index (χ0n) is 13.4. The molecule has 4 atom stereocenters. The lowest BCUT2D eigenvalue weighted by Gasteiger charge is -2.40. The predicted molar refractivity (Wildman–Crippen MR) is 88.3 cm³/mol. The van der Waals surface area contributed by atoms with Crippen molar-refractivity contribution in [2.24, 2.45) is 11.8 Å². The van der Waals surface area contributed by atoms with Gasteiger partial charge in [0.25, 0.3) is 0 Å². The molecule has 0 N–H and O–H groups in total. The Bertz CT molecular complexity index is 348. The van der Waals surface area contributed by atoms with Crippen molar-refractivity contribution in [3.63, 3.8) is 0 Å². The van der Waals surface area contributed by atoms with Gasteiger partial charge in [0.1, 0.15) is 0 Å². The minimum Gasteiger partial charge on any atom is -0.306 e. The van der Waals surface area contributed by atoms with Crippen molar-refractivity contribution in [1.82, 2.24) is 4.90 Å². The van der Waals surface area contributed by atoms with Gasteiger partial charge in [0.2, 0.25) is 0 Å². The highest BCUT2D eigenvalue weighted by molar-refractivity contribution is 7.59. The van der Waals surface area contributed by atoms with E-state index >= 15 is 0 Å². The monoisotopic (exact) mass is 279 g/mol. The molecule has 0 saturated heterocycles. The quantitative estimate of drug-likeness (QED) is 0.692. The molecule has 1 saturated carbocycles. The summed E-state index contributed by atoms with van der Waals surface area (Å²) in [5, 5.41) is 0. The summed E-state index contributed by atoms with van der Waals surface area (Å²) < 4.78 is 0. The van der Waals surface area contributed by atoms with Gasteiger partial charge in [0, 0.05) is 11.7 Å². The van der Waals surface area contributed by atoms with Gasteiger partial charge in [-0.3, -0.25) is 0 Å². The molecular weight excluding hydrogens is 249 g/mol. The first-order valence-corrected chi connectivity index (χ1v) is 9.27. The van der Waals surface area contributed by atoms with Crippen LogP contribution in [0.25, 0.3) is 0 Å². The third kappa shape index (κ3) is 2.98. The van der Waals surface area contributed by atoms with E-state index in [9.17, 15) is 0 Å². The van der Waals surface area contributed by atoms with Crippen LogP contribution >= 0.6 is 7.92 Å². The summed E-state index contributed by atoms with van der Waals surface area (Å²) in [6.07, 6.45) is 10.8. The molecule has 2 aliphatic carbocycles. The molecule has 2 rings (SSSR count). The van der Waals surface area contributed by atoms with Crippen molar-refractivity contribution < 1.29 is 0 Å². The smallest absolute Gasteiger partial charge is 0.0169 e. The van der Waals surface area contributed by atoms with Crippen LogP contribution in [0.5, 0.6) is 0 Å². The predicted octanol–water partition coefficient (Wildman–Crippen LogP) is 4.35. The van der Waals surface area contributed by atoms with Gasteiger partial charge in [-0.25, -0.2) is 0 Å². The van der Waals surface area contributed by atoms with Gasteiger partial charge in [0.05, 0.1) is 0 Å². The Hall–Kier alpha value is -0.130. The summed E-state index contributed by atoms with van der Waals surface area (Å²) >= 11 is 0. The molecule has 0 spiro atoms. The molecule has 4 unspecified atom stereocenters. The molecule has 0 radical (unpaired) electrons. The van der Waals surface area contributed by atoms with E-state index in [4.69, 9.17) is 0 Å². The van der Waals surface area contributed by atoms with E-state index in [-0.39, 0.29) is 7.92 Å². The lowest BCUT2D eigenvalue weighted by molar-refractivity contribution is 0.296. The largest absolute Gasteiger partial charge is 0.306 e. The summed E-state index contributed by atoms with van der Waals surface area (Å²) in [5.41, 5.74) is 2.54. The van der Waals surface area contributed by atoms with Gasteiger partial charge in [-0.15, -0.1) is 0 Å². The van der Waals surface area contributed by atoms with E-state index in [1.54, 1.807) is 0 Å². The van der Waals surface area contributed by atoms with E-state index in [1.165, 1.54) is 6.42 Å². The summed E-state index contributed by atoms with van der Waals surface area (Å²) in [6.45, 7) is 9.75. The molecule has 0 aliphatic heterocycles. The highest BCUT2D eigenvalue weighted by Crippen LogP contribution is 2.60. The third-order valence-corrected chi connectivity index (χ3v) is 8.56. The van der Waals surface area contributed by atoms with E-state index in [0.717, 1.165) is 34.9 Å². The van der Waals surface area contributed by atoms with Gasteiger partial charge in [-0.2, -0.15) is 0 Å². The first kappa shape index (κ1) is 15.3. The Morgan fingerprint density at radius 3 is 2.11 bits per heavy atom. The van der Waals surface area contributed by atoms with E-state index in [1.807, 2.05) is 0 Å². The Kier molecular flexibility index (Phi) is 4.90. The Morgan fingerprint density at radius 2 is 1.58 bits per heavy atom. The minimum atomic E-state index is 0.0781. The average molecular weight is 279 g/mol. The molecule has 0 heterocycles. The molecule has 2 heteroatoms. The molecule has 108 valence electrons. The second-order valence-electron chi connectivity index (χ2n) is 6.90. The molecule has 0 amide bonds. The van der Waals surface area contributed by atoms with Crippen molar-refractivity contribution in [2.45, 2.75) is 57.1 Å². The first-order chi connectivity index (χ1) is 8.93. The fourth-order valence-corrected chi connectivity index (χ4v) is 8.22. The van der Waals surface area contributed by atoms with Crippen molar-refractivity contribution >= 4 is 7.92 Å². The molecule has 19 heavy (non-hydrogen) atoms. The first-order valence-electron chi connectivity index (χ1n) is 7.72. The van der Waals surface area contributed by atoms with Crippen LogP contribution < -0.4 is 0 Å². The summed E-state index contributed by atoms with van der Waals surface area (Å²) in [4.78, 5) is 2.49. The average Bonchev–Trinajstić information content (AvgIpc) is 2.68. The number of fused-ring (bicyclic) bond motifs is 1. The van der Waals surface area contributed by atoms with Crippen LogP contribution in [0.1, 0.15) is 34.1 Å². The van der Waals surface area contributed by atoms with E-state index < -0.39 is 0 Å². The van der Waals surface area contributed by atoms with Crippen LogP contribution in [-0.4, -0.2) is 42.0 Å².